The van der Waals surface area contributed by atoms with Gasteiger partial charge in [0.25, 0.3) is 5.91 Å². The second-order valence-corrected chi connectivity index (χ2v) is 8.57. The maximum absolute atomic E-state index is 13.2. The summed E-state index contributed by atoms with van der Waals surface area (Å²) in [6.07, 6.45) is 7.29. The lowest BCUT2D eigenvalue weighted by molar-refractivity contribution is -0.147. The Balaban J connectivity index is 1.38. The minimum Gasteiger partial charge on any atom is -0.478 e. The molecule has 2 aromatic heterocycles. The summed E-state index contributed by atoms with van der Waals surface area (Å²) in [6.45, 7) is 4.91. The molecular weight excluding hydrogens is 418 g/mol. The molecule has 4 rings (SSSR count). The highest BCUT2D eigenvalue weighted by Gasteiger charge is 2.36. The van der Waals surface area contributed by atoms with Gasteiger partial charge in [-0.05, 0) is 56.9 Å². The molecule has 1 amide bonds. The van der Waals surface area contributed by atoms with Crippen LogP contribution in [0.5, 0.6) is 5.75 Å². The third-order valence-electron chi connectivity index (χ3n) is 5.23. The number of piperidine rings is 1. The highest BCUT2D eigenvalue weighted by molar-refractivity contribution is 6.30. The number of nitrogens with zero attached hydrogens (tertiary/aromatic N) is 5. The molecule has 8 nitrogen and oxygen atoms in total. The van der Waals surface area contributed by atoms with Crippen LogP contribution in [0, 0.1) is 5.92 Å². The van der Waals surface area contributed by atoms with E-state index in [9.17, 15) is 4.79 Å². The SMILES string of the molecule is CC(C)(Oc1ccc(Cl)cc1)C(=O)N1CCC[C@@H](Cc2nc(-c3cnccn3)no2)C1. The van der Waals surface area contributed by atoms with Gasteiger partial charge in [0, 0.05) is 36.9 Å². The zero-order chi connectivity index (χ0) is 21.8. The van der Waals surface area contributed by atoms with E-state index in [1.165, 1.54) is 0 Å². The normalized spacial score (nSPS) is 16.9. The predicted octanol–water partition coefficient (Wildman–Crippen LogP) is 3.82. The van der Waals surface area contributed by atoms with Crippen LogP contribution in [0.1, 0.15) is 32.6 Å². The van der Waals surface area contributed by atoms with Gasteiger partial charge < -0.3 is 14.2 Å². The number of aromatic nitrogens is 4. The van der Waals surface area contributed by atoms with Gasteiger partial charge in [-0.1, -0.05) is 16.8 Å². The van der Waals surface area contributed by atoms with Crippen molar-refractivity contribution in [3.05, 3.63) is 53.8 Å². The summed E-state index contributed by atoms with van der Waals surface area (Å²) in [5.74, 6) is 1.76. The van der Waals surface area contributed by atoms with Crippen molar-refractivity contribution in [3.63, 3.8) is 0 Å². The minimum absolute atomic E-state index is 0.0436. The van der Waals surface area contributed by atoms with E-state index in [2.05, 4.69) is 20.1 Å². The molecule has 1 atom stereocenters. The van der Waals surface area contributed by atoms with Crippen molar-refractivity contribution in [2.45, 2.75) is 38.7 Å². The van der Waals surface area contributed by atoms with Crippen LogP contribution in [0.2, 0.25) is 5.02 Å². The fourth-order valence-electron chi connectivity index (χ4n) is 3.74. The molecule has 0 radical (unpaired) electrons. The van der Waals surface area contributed by atoms with Gasteiger partial charge in [0.2, 0.25) is 11.7 Å². The first-order valence-electron chi connectivity index (χ1n) is 10.2. The third kappa shape index (κ3) is 5.19. The van der Waals surface area contributed by atoms with Crippen LogP contribution >= 0.6 is 11.6 Å². The van der Waals surface area contributed by atoms with Gasteiger partial charge in [-0.3, -0.25) is 9.78 Å². The van der Waals surface area contributed by atoms with Gasteiger partial charge in [-0.15, -0.1) is 0 Å². The van der Waals surface area contributed by atoms with E-state index in [1.807, 2.05) is 4.90 Å². The number of amides is 1. The fraction of sp³-hybridized carbons (Fsp3) is 0.409. The second kappa shape index (κ2) is 9.01. The number of hydrogen-bond donors (Lipinski definition) is 0. The van der Waals surface area contributed by atoms with E-state index in [4.69, 9.17) is 20.9 Å². The summed E-state index contributed by atoms with van der Waals surface area (Å²) in [7, 11) is 0. The topological polar surface area (TPSA) is 94.2 Å². The van der Waals surface area contributed by atoms with Crippen molar-refractivity contribution in [1.29, 1.82) is 0 Å². The van der Waals surface area contributed by atoms with Gasteiger partial charge in [0.15, 0.2) is 5.60 Å². The Morgan fingerprint density at radius 1 is 1.29 bits per heavy atom. The number of ether oxygens (including phenoxy) is 1. The Hall–Kier alpha value is -3.00. The zero-order valence-corrected chi connectivity index (χ0v) is 18.2. The summed E-state index contributed by atoms with van der Waals surface area (Å²) in [5, 5.41) is 4.62. The first-order chi connectivity index (χ1) is 14.9. The van der Waals surface area contributed by atoms with Gasteiger partial charge in [0.05, 0.1) is 6.20 Å². The molecule has 0 unspecified atom stereocenters. The molecule has 162 valence electrons. The number of carbonyl (C=O) groups is 1. The first kappa shape index (κ1) is 21.2. The predicted molar refractivity (Wildman–Crippen MR) is 114 cm³/mol. The average molecular weight is 442 g/mol. The maximum Gasteiger partial charge on any atom is 0.266 e. The van der Waals surface area contributed by atoms with Crippen LogP contribution in [0.3, 0.4) is 0 Å². The minimum atomic E-state index is -0.987. The molecule has 1 aromatic carbocycles. The van der Waals surface area contributed by atoms with Crippen LogP contribution in [0.4, 0.5) is 0 Å². The molecule has 3 heterocycles. The molecule has 0 N–H and O–H groups in total. The van der Waals surface area contributed by atoms with Crippen LogP contribution in [-0.4, -0.2) is 49.6 Å². The smallest absolute Gasteiger partial charge is 0.266 e. The number of halogens is 1. The Morgan fingerprint density at radius 3 is 2.84 bits per heavy atom. The molecule has 1 aliphatic heterocycles. The summed E-state index contributed by atoms with van der Waals surface area (Å²) >= 11 is 5.93. The van der Waals surface area contributed by atoms with Crippen molar-refractivity contribution in [2.24, 2.45) is 5.92 Å². The lowest BCUT2D eigenvalue weighted by atomic mass is 9.93. The molecule has 0 saturated carbocycles. The maximum atomic E-state index is 13.2. The molecule has 3 aromatic rings. The summed E-state index contributed by atoms with van der Waals surface area (Å²) < 4.78 is 11.4. The number of hydrogen-bond acceptors (Lipinski definition) is 7. The molecule has 1 fully saturated rings. The summed E-state index contributed by atoms with van der Waals surface area (Å²) in [5.41, 5.74) is -0.418. The second-order valence-electron chi connectivity index (χ2n) is 8.13. The van der Waals surface area contributed by atoms with E-state index in [1.54, 1.807) is 56.7 Å². The van der Waals surface area contributed by atoms with Crippen molar-refractivity contribution in [2.75, 3.05) is 13.1 Å². The van der Waals surface area contributed by atoms with Crippen LogP contribution in [0.25, 0.3) is 11.5 Å². The number of likely N-dealkylation sites (tertiary alicyclic amines) is 1. The molecule has 31 heavy (non-hydrogen) atoms. The Bertz CT molecular complexity index is 1020. The van der Waals surface area contributed by atoms with Gasteiger partial charge in [-0.2, -0.15) is 4.98 Å². The first-order valence-corrected chi connectivity index (χ1v) is 10.6. The fourth-order valence-corrected chi connectivity index (χ4v) is 3.87. The Labute approximate surface area is 185 Å². The standard InChI is InChI=1S/C22H24ClN5O3/c1-22(2,30-17-7-5-16(23)6-8-17)21(29)28-11-3-4-15(14-28)12-19-26-20(27-31-19)18-13-24-9-10-25-18/h5-10,13,15H,3-4,11-12,14H2,1-2H3/t15-/m0/s1. The summed E-state index contributed by atoms with van der Waals surface area (Å²) in [6, 6.07) is 7.02. The van der Waals surface area contributed by atoms with Crippen LogP contribution in [-0.2, 0) is 11.2 Å². The summed E-state index contributed by atoms with van der Waals surface area (Å²) in [4.78, 5) is 27.7. The van der Waals surface area contributed by atoms with E-state index < -0.39 is 5.60 Å². The monoisotopic (exact) mass is 441 g/mol. The molecule has 0 bridgehead atoms. The third-order valence-corrected chi connectivity index (χ3v) is 5.48. The molecular formula is C22H24ClN5O3. The van der Waals surface area contributed by atoms with Gasteiger partial charge in [-0.25, -0.2) is 4.98 Å². The van der Waals surface area contributed by atoms with Crippen molar-refractivity contribution in [3.8, 4) is 17.3 Å². The highest BCUT2D eigenvalue weighted by atomic mass is 35.5. The number of rotatable bonds is 6. The van der Waals surface area contributed by atoms with Crippen molar-refractivity contribution < 1.29 is 14.1 Å². The van der Waals surface area contributed by atoms with E-state index in [0.29, 0.717) is 47.7 Å². The molecule has 9 heteroatoms. The largest absolute Gasteiger partial charge is 0.478 e. The average Bonchev–Trinajstić information content (AvgIpc) is 3.24. The molecule has 1 saturated heterocycles. The highest BCUT2D eigenvalue weighted by Crippen LogP contribution is 2.26. The van der Waals surface area contributed by atoms with Crippen LogP contribution in [0.15, 0.2) is 47.4 Å². The van der Waals surface area contributed by atoms with E-state index in [0.717, 1.165) is 12.8 Å². The molecule has 1 aliphatic rings. The number of carbonyl (C=O) groups excluding carboxylic acids is 1. The molecule has 0 aliphatic carbocycles. The van der Waals surface area contributed by atoms with Crippen molar-refractivity contribution >= 4 is 17.5 Å². The van der Waals surface area contributed by atoms with Gasteiger partial charge in [0.1, 0.15) is 11.4 Å². The van der Waals surface area contributed by atoms with Crippen LogP contribution < -0.4 is 4.74 Å². The van der Waals surface area contributed by atoms with E-state index in [-0.39, 0.29) is 11.8 Å². The Kier molecular flexibility index (Phi) is 6.18. The van der Waals surface area contributed by atoms with Crippen molar-refractivity contribution in [1.82, 2.24) is 25.0 Å². The quantitative estimate of drug-likeness (QED) is 0.573. The molecule has 0 spiro atoms. The zero-order valence-electron chi connectivity index (χ0n) is 17.5. The number of benzene rings is 1. The Morgan fingerprint density at radius 2 is 2.10 bits per heavy atom. The van der Waals surface area contributed by atoms with E-state index >= 15 is 0 Å². The lowest BCUT2D eigenvalue weighted by Gasteiger charge is -2.37. The van der Waals surface area contributed by atoms with Gasteiger partial charge >= 0.3 is 0 Å². The lowest BCUT2D eigenvalue weighted by Crippen LogP contribution is -2.52.